The second-order valence-corrected chi connectivity index (χ2v) is 33.1. The van der Waals surface area contributed by atoms with Gasteiger partial charge in [-0.2, -0.15) is 23.7 Å². The van der Waals surface area contributed by atoms with Gasteiger partial charge in [0.15, 0.2) is 0 Å². The van der Waals surface area contributed by atoms with Crippen molar-refractivity contribution in [1.82, 2.24) is 27.4 Å². The number of carboxylic acids is 1. The number of morpholine rings is 1. The highest BCUT2D eigenvalue weighted by atomic mass is 127. The second kappa shape index (κ2) is 39.3. The van der Waals surface area contributed by atoms with Gasteiger partial charge in [0.1, 0.15) is 12.8 Å². The quantitative estimate of drug-likeness (QED) is 0.0331. The first-order valence-corrected chi connectivity index (χ1v) is 41.0. The molecular formula is C91H84F3IN10O10S2. The van der Waals surface area contributed by atoms with E-state index in [1.54, 1.807) is 154 Å². The molecule has 3 N–H and O–H groups in total. The fourth-order valence-electron chi connectivity index (χ4n) is 12.5. The SMILES string of the molecule is C#CCNc1ccc(C(C)(C)C#N)nc1.CC(C)(C#N)c1ccc(NCC#Cc2cc3cc(CN4CCOCC4)ccc3n2CC(F)(F)F)cn1.CCc1ccc2c(ccn2S(=O)(=O)c2ccccc2)c1.COC(=O)c1ccc2c(ccn2S(=O)(=O)c2ccccc2)c1.O=C(O)c1ccc2c(c1)C=CC2.O=Cc1ccc2c(c1)C=C(I)C2. The van der Waals surface area contributed by atoms with E-state index in [0.717, 1.165) is 84.0 Å². The maximum atomic E-state index is 13.3. The van der Waals surface area contributed by atoms with E-state index >= 15 is 0 Å². The number of allylic oxidation sites excluding steroid dienone is 2. The minimum absolute atomic E-state index is 0.213. The Bertz CT molecular complexity index is 6080. The van der Waals surface area contributed by atoms with Crippen LogP contribution in [-0.2, 0) is 72.7 Å². The number of aromatic nitrogens is 5. The largest absolute Gasteiger partial charge is 0.478 e. The molecule has 0 radical (unpaired) electrons. The van der Waals surface area contributed by atoms with Crippen LogP contribution in [-0.4, -0.2) is 120 Å². The van der Waals surface area contributed by atoms with E-state index in [-0.39, 0.29) is 11.4 Å². The third-order valence-electron chi connectivity index (χ3n) is 19.0. The Labute approximate surface area is 692 Å². The monoisotopic (exact) mass is 1720 g/mol. The molecule has 0 unspecified atom stereocenters. The summed E-state index contributed by atoms with van der Waals surface area (Å²) in [6.45, 7) is 12.7. The molecule has 5 aromatic heterocycles. The van der Waals surface area contributed by atoms with Gasteiger partial charge in [-0.25, -0.2) is 34.4 Å². The van der Waals surface area contributed by atoms with Crippen molar-refractivity contribution >= 4 is 117 Å². The Morgan fingerprint density at radius 1 is 0.658 bits per heavy atom. The van der Waals surface area contributed by atoms with Crippen LogP contribution in [0, 0.1) is 46.8 Å². The molecule has 0 bridgehead atoms. The summed E-state index contributed by atoms with van der Waals surface area (Å²) < 4.78 is 106. The molecule has 3 aliphatic rings. The summed E-state index contributed by atoms with van der Waals surface area (Å²) in [5, 5.41) is 35.3. The number of halogens is 4. The lowest BCUT2D eigenvalue weighted by atomic mass is 9.91. The first-order chi connectivity index (χ1) is 56.0. The lowest BCUT2D eigenvalue weighted by molar-refractivity contribution is -0.140. The number of pyridine rings is 2. The first kappa shape index (κ1) is 87.0. The van der Waals surface area contributed by atoms with Gasteiger partial charge < -0.3 is 29.8 Å². The molecule has 1 fully saturated rings. The van der Waals surface area contributed by atoms with Gasteiger partial charge in [0.05, 0.1) is 129 Å². The highest BCUT2D eigenvalue weighted by Gasteiger charge is 2.30. The van der Waals surface area contributed by atoms with Crippen LogP contribution < -0.4 is 10.6 Å². The van der Waals surface area contributed by atoms with Crippen LogP contribution in [0.1, 0.15) is 116 Å². The van der Waals surface area contributed by atoms with Gasteiger partial charge in [-0.05, 0) is 239 Å². The zero-order chi connectivity index (χ0) is 84.1. The van der Waals surface area contributed by atoms with Crippen LogP contribution in [0.4, 0.5) is 24.5 Å². The summed E-state index contributed by atoms with van der Waals surface area (Å²) in [6.07, 6.45) is 17.1. The smallest absolute Gasteiger partial charge is 0.406 e. The van der Waals surface area contributed by atoms with Crippen molar-refractivity contribution in [3.8, 4) is 36.3 Å². The fraction of sp³-hybridized carbons (Fsp3) is 0.220. The minimum atomic E-state index is -4.36. The molecule has 0 amide bonds. The van der Waals surface area contributed by atoms with E-state index in [1.807, 2.05) is 98.8 Å². The average molecular weight is 1730 g/mol. The lowest BCUT2D eigenvalue weighted by Crippen LogP contribution is -2.35. The zero-order valence-corrected chi connectivity index (χ0v) is 68.8. The summed E-state index contributed by atoms with van der Waals surface area (Å²) in [7, 11) is -5.88. The van der Waals surface area contributed by atoms with Crippen LogP contribution in [0.15, 0.2) is 238 Å². The summed E-state index contributed by atoms with van der Waals surface area (Å²) in [5.41, 5.74) is 12.3. The van der Waals surface area contributed by atoms with E-state index in [2.05, 4.69) is 95.7 Å². The molecule has 117 heavy (non-hydrogen) atoms. The number of nitrogens with zero attached hydrogens (tertiary/aromatic N) is 8. The maximum Gasteiger partial charge on any atom is 0.406 e. The molecule has 0 atom stereocenters. The van der Waals surface area contributed by atoms with Crippen LogP contribution in [0.5, 0.6) is 0 Å². The van der Waals surface area contributed by atoms with E-state index in [1.165, 1.54) is 51.7 Å². The highest BCUT2D eigenvalue weighted by molar-refractivity contribution is 14.1. The highest BCUT2D eigenvalue weighted by Crippen LogP contribution is 2.32. The molecule has 6 heterocycles. The number of hydrogen-bond donors (Lipinski definition) is 3. The summed E-state index contributed by atoms with van der Waals surface area (Å²) in [5.74, 6) is 6.98. The number of rotatable bonds is 17. The number of fused-ring (bicyclic) bond motifs is 5. The van der Waals surface area contributed by atoms with Crippen LogP contribution in [0.25, 0.3) is 44.9 Å². The number of benzene rings is 7. The van der Waals surface area contributed by atoms with Gasteiger partial charge in [-0.1, -0.05) is 97.6 Å². The van der Waals surface area contributed by atoms with Crippen molar-refractivity contribution < 1.29 is 59.0 Å². The van der Waals surface area contributed by atoms with Crippen molar-refractivity contribution in [2.75, 3.05) is 57.1 Å². The molecule has 7 aromatic carbocycles. The predicted molar refractivity (Wildman–Crippen MR) is 459 cm³/mol. The maximum absolute atomic E-state index is 13.3. The molecule has 12 aromatic rings. The topological polar surface area (TPSA) is 274 Å². The zero-order valence-electron chi connectivity index (χ0n) is 65.0. The number of esters is 1. The number of aryl methyl sites for hydroxylation is 1. The van der Waals surface area contributed by atoms with E-state index in [4.69, 9.17) is 21.5 Å². The molecule has 26 heteroatoms. The van der Waals surface area contributed by atoms with Crippen LogP contribution in [0.3, 0.4) is 0 Å². The van der Waals surface area contributed by atoms with Gasteiger partial charge in [0, 0.05) is 65.7 Å². The summed E-state index contributed by atoms with van der Waals surface area (Å²) >= 11 is 2.32. The van der Waals surface area contributed by atoms with Gasteiger partial charge in [-0.3, -0.25) is 19.7 Å². The Hall–Kier alpha value is -12.4. The van der Waals surface area contributed by atoms with Crippen molar-refractivity contribution in [2.24, 2.45) is 0 Å². The number of carboxylic acid groups (broad SMARTS) is 1. The number of alkyl halides is 3. The number of ether oxygens (including phenoxy) is 2. The lowest BCUT2D eigenvalue weighted by Gasteiger charge is -2.26. The molecule has 0 saturated carbocycles. The summed E-state index contributed by atoms with van der Waals surface area (Å²) in [6, 6.07) is 60.9. The summed E-state index contributed by atoms with van der Waals surface area (Å²) in [4.78, 5) is 43.9. The number of terminal acetylenes is 1. The second-order valence-electron chi connectivity index (χ2n) is 28.1. The van der Waals surface area contributed by atoms with Gasteiger partial charge in [0.25, 0.3) is 20.0 Å². The Balaban J connectivity index is 0.000000155. The van der Waals surface area contributed by atoms with Gasteiger partial charge in [-0.15, -0.1) is 6.42 Å². The van der Waals surface area contributed by atoms with Gasteiger partial charge >= 0.3 is 18.1 Å². The predicted octanol–water partition coefficient (Wildman–Crippen LogP) is 17.5. The van der Waals surface area contributed by atoms with Crippen LogP contribution in [0.2, 0.25) is 0 Å². The number of anilines is 2. The van der Waals surface area contributed by atoms with Crippen LogP contribution >= 0.6 is 22.6 Å². The molecule has 2 aliphatic carbocycles. The molecule has 0 spiro atoms. The van der Waals surface area contributed by atoms with E-state index in [0.29, 0.717) is 74.8 Å². The number of methoxy groups -OCH3 is 1. The third-order valence-corrected chi connectivity index (χ3v) is 23.1. The van der Waals surface area contributed by atoms with Crippen molar-refractivity contribution in [3.05, 3.63) is 296 Å². The number of aromatic carboxylic acids is 1. The molecule has 15 rings (SSSR count). The minimum Gasteiger partial charge on any atom is -0.478 e. The standard InChI is InChI=1S/C27H28F3N5O.C16H13NO4S.C16H15NO2S.C12H13N3.C10H7IO.C10H8O2/c1-26(2,18-31)25-8-6-22(16-33-25)32-9-3-4-23-15-21-14-20(17-34-10-12-36-13-11-34)5-7-24(21)35(23)19-27(28,29)30;1-21-16(18)13-7-8-15-12(11-13)9-10-17(15)22(19,20)14-5-3-2-4-6-14;1-2-13-8-9-16-14(12-13)10-11-17(16)20(18,19)15-6-4-3-5-7-15;1-4-7-14-10-5-6-11(15-8-10)12(2,3)9-13;11-10-4-8-2-1-7(6-12)3-9(8)5-10;11-10(12)9-5-4-7-2-1-3-8(7)6-9/h5-8,14-16,32H,9-13,17,19H2,1-2H3;2-11H,1H3;3-12H,2H2,1H3;1,5-6,8,14H,7H2,2-3H3;1-3,5-6H,4H2;1,3-6H,2H2,(H,11,12). The number of carbonyl (C=O) groups is 3. The number of carbonyl (C=O) groups excluding carboxylic acids is 2. The normalized spacial score (nSPS) is 12.8. The fourth-order valence-corrected chi connectivity index (χ4v) is 16.0. The molecule has 598 valence electrons. The van der Waals surface area contributed by atoms with Crippen molar-refractivity contribution in [1.29, 1.82) is 10.5 Å². The Kier molecular flexibility index (Phi) is 29.2. The average Bonchev–Trinajstić information content (AvgIpc) is 1.70. The molecule has 1 saturated heterocycles. The Morgan fingerprint density at radius 2 is 1.21 bits per heavy atom. The van der Waals surface area contributed by atoms with E-state index < -0.39 is 55.5 Å². The molecule has 1 aliphatic heterocycles. The number of nitriles is 2. The molecule has 20 nitrogen and oxygen atoms in total. The number of nitrogens with one attached hydrogen (secondary N) is 2. The molecular weight excluding hydrogens is 1640 g/mol. The number of hydrogen-bond acceptors (Lipinski definition) is 16. The van der Waals surface area contributed by atoms with Crippen molar-refractivity contribution in [2.45, 2.75) is 93.8 Å². The van der Waals surface area contributed by atoms with E-state index in [9.17, 15) is 49.7 Å². The Morgan fingerprint density at radius 3 is 1.76 bits per heavy atom. The van der Waals surface area contributed by atoms with Crippen molar-refractivity contribution in [3.63, 3.8) is 0 Å². The number of aldehydes is 1. The van der Waals surface area contributed by atoms with Gasteiger partial charge in [0.2, 0.25) is 0 Å². The third kappa shape index (κ3) is 22.8. The first-order valence-electron chi connectivity index (χ1n) is 37.0.